The van der Waals surface area contributed by atoms with Gasteiger partial charge in [-0.15, -0.1) is 0 Å². The number of anilines is 1. The van der Waals surface area contributed by atoms with Gasteiger partial charge >= 0.3 is 0 Å². The summed E-state index contributed by atoms with van der Waals surface area (Å²) in [6.07, 6.45) is 3.24. The van der Waals surface area contributed by atoms with E-state index in [2.05, 4.69) is 26.1 Å². The van der Waals surface area contributed by atoms with Gasteiger partial charge in [-0.05, 0) is 42.7 Å². The molecule has 0 aromatic heterocycles. The lowest BCUT2D eigenvalue weighted by molar-refractivity contribution is -0.119. The molecule has 2 heteroatoms. The minimum atomic E-state index is 0.188. The number of hydrogen-bond acceptors (Lipinski definition) is 1. The Labute approximate surface area is 110 Å². The molecule has 1 fully saturated rings. The maximum absolute atomic E-state index is 12.2. The zero-order valence-electron chi connectivity index (χ0n) is 11.6. The highest BCUT2D eigenvalue weighted by atomic mass is 16.1. The fourth-order valence-electron chi connectivity index (χ4n) is 2.77. The van der Waals surface area contributed by atoms with Crippen LogP contribution in [0.15, 0.2) is 30.3 Å². The normalized spacial score (nSPS) is 23.9. The molecule has 0 radical (unpaired) electrons. The predicted molar refractivity (Wildman–Crippen MR) is 75.4 cm³/mol. The molecule has 2 unspecified atom stereocenters. The molecule has 1 aliphatic carbocycles. The molecule has 1 aromatic carbocycles. The largest absolute Gasteiger partial charge is 0.326 e. The van der Waals surface area contributed by atoms with E-state index in [1.807, 2.05) is 30.3 Å². The van der Waals surface area contributed by atoms with Crippen molar-refractivity contribution in [3.05, 3.63) is 30.3 Å². The minimum Gasteiger partial charge on any atom is -0.326 e. The number of para-hydroxylation sites is 1. The highest BCUT2D eigenvalue weighted by molar-refractivity contribution is 5.92. The second-order valence-corrected chi connectivity index (χ2v) is 6.43. The second kappa shape index (κ2) is 5.13. The van der Waals surface area contributed by atoms with Crippen LogP contribution in [0, 0.1) is 17.3 Å². The van der Waals surface area contributed by atoms with Gasteiger partial charge in [0.15, 0.2) is 0 Å². The first-order valence-corrected chi connectivity index (χ1v) is 6.83. The van der Waals surface area contributed by atoms with Gasteiger partial charge in [0, 0.05) is 11.6 Å². The third-order valence-electron chi connectivity index (χ3n) is 4.07. The van der Waals surface area contributed by atoms with Gasteiger partial charge in [-0.1, -0.05) is 39.0 Å². The Balaban J connectivity index is 1.92. The molecule has 2 rings (SSSR count). The van der Waals surface area contributed by atoms with Crippen molar-refractivity contribution in [1.82, 2.24) is 0 Å². The molecule has 2 atom stereocenters. The molecule has 18 heavy (non-hydrogen) atoms. The van der Waals surface area contributed by atoms with E-state index in [0.29, 0.717) is 11.3 Å². The minimum absolute atomic E-state index is 0.188. The molecule has 0 heterocycles. The van der Waals surface area contributed by atoms with Crippen molar-refractivity contribution in [2.24, 2.45) is 17.3 Å². The Bertz CT molecular complexity index is 405. The number of hydrogen-bond donors (Lipinski definition) is 1. The molecule has 1 aliphatic rings. The summed E-state index contributed by atoms with van der Waals surface area (Å²) >= 11 is 0. The van der Waals surface area contributed by atoms with Crippen LogP contribution in [0.25, 0.3) is 0 Å². The number of amides is 1. The smallest absolute Gasteiger partial charge is 0.227 e. The molecule has 2 nitrogen and oxygen atoms in total. The molecule has 1 aromatic rings. The number of carbonyl (C=O) groups excluding carboxylic acids is 1. The Morgan fingerprint density at radius 1 is 1.17 bits per heavy atom. The van der Waals surface area contributed by atoms with Gasteiger partial charge in [-0.3, -0.25) is 4.79 Å². The molecule has 0 saturated heterocycles. The van der Waals surface area contributed by atoms with Gasteiger partial charge in [0.05, 0.1) is 0 Å². The molecular formula is C16H23NO. The standard InChI is InChI=1S/C16H23NO/c1-16(2,3)13-10-9-12(11-13)15(18)17-14-7-5-4-6-8-14/h4-8,12-13H,9-11H2,1-3H3,(H,17,18). The van der Waals surface area contributed by atoms with Gasteiger partial charge < -0.3 is 5.32 Å². The first-order valence-electron chi connectivity index (χ1n) is 6.83. The van der Waals surface area contributed by atoms with Crippen molar-refractivity contribution >= 4 is 11.6 Å². The average Bonchev–Trinajstić information content (AvgIpc) is 2.79. The van der Waals surface area contributed by atoms with E-state index in [1.54, 1.807) is 0 Å². The van der Waals surface area contributed by atoms with Crippen LogP contribution in [-0.4, -0.2) is 5.91 Å². The number of benzene rings is 1. The summed E-state index contributed by atoms with van der Waals surface area (Å²) in [7, 11) is 0. The number of carbonyl (C=O) groups is 1. The van der Waals surface area contributed by atoms with Crippen LogP contribution in [0.1, 0.15) is 40.0 Å². The summed E-state index contributed by atoms with van der Waals surface area (Å²) < 4.78 is 0. The SMILES string of the molecule is CC(C)(C)C1CCC(C(=O)Nc2ccccc2)C1. The monoisotopic (exact) mass is 245 g/mol. The molecule has 0 bridgehead atoms. The van der Waals surface area contributed by atoms with E-state index >= 15 is 0 Å². The number of rotatable bonds is 2. The van der Waals surface area contributed by atoms with E-state index < -0.39 is 0 Å². The lowest BCUT2D eigenvalue weighted by Gasteiger charge is -2.26. The molecule has 1 amide bonds. The summed E-state index contributed by atoms with van der Waals surface area (Å²) in [6.45, 7) is 6.82. The van der Waals surface area contributed by atoms with Crippen molar-refractivity contribution in [1.29, 1.82) is 0 Å². The van der Waals surface area contributed by atoms with Crippen molar-refractivity contribution in [2.75, 3.05) is 5.32 Å². The zero-order valence-corrected chi connectivity index (χ0v) is 11.6. The first-order chi connectivity index (χ1) is 8.47. The highest BCUT2D eigenvalue weighted by Crippen LogP contribution is 2.42. The Morgan fingerprint density at radius 2 is 1.83 bits per heavy atom. The summed E-state index contributed by atoms with van der Waals surface area (Å²) in [5, 5.41) is 3.02. The van der Waals surface area contributed by atoms with Gasteiger partial charge in [0.2, 0.25) is 5.91 Å². The van der Waals surface area contributed by atoms with Crippen LogP contribution in [0.3, 0.4) is 0 Å². The van der Waals surface area contributed by atoms with Gasteiger partial charge in [-0.2, -0.15) is 0 Å². The Kier molecular flexibility index (Phi) is 3.74. The number of nitrogens with one attached hydrogen (secondary N) is 1. The lowest BCUT2D eigenvalue weighted by Crippen LogP contribution is -2.23. The average molecular weight is 245 g/mol. The lowest BCUT2D eigenvalue weighted by atomic mass is 9.79. The Hall–Kier alpha value is -1.31. The maximum Gasteiger partial charge on any atom is 0.227 e. The Morgan fingerprint density at radius 3 is 2.39 bits per heavy atom. The molecule has 0 spiro atoms. The molecule has 1 saturated carbocycles. The van der Waals surface area contributed by atoms with Crippen molar-refractivity contribution in [3.63, 3.8) is 0 Å². The van der Waals surface area contributed by atoms with E-state index in [1.165, 1.54) is 6.42 Å². The van der Waals surface area contributed by atoms with Crippen molar-refractivity contribution in [2.45, 2.75) is 40.0 Å². The van der Waals surface area contributed by atoms with Gasteiger partial charge in [0.1, 0.15) is 0 Å². The van der Waals surface area contributed by atoms with E-state index in [9.17, 15) is 4.79 Å². The first kappa shape index (κ1) is 13.1. The van der Waals surface area contributed by atoms with Crippen LogP contribution in [-0.2, 0) is 4.79 Å². The van der Waals surface area contributed by atoms with E-state index in [-0.39, 0.29) is 11.8 Å². The van der Waals surface area contributed by atoms with Crippen LogP contribution in [0.4, 0.5) is 5.69 Å². The van der Waals surface area contributed by atoms with Crippen LogP contribution < -0.4 is 5.32 Å². The fourth-order valence-corrected chi connectivity index (χ4v) is 2.77. The third-order valence-corrected chi connectivity index (χ3v) is 4.07. The van der Waals surface area contributed by atoms with Crippen molar-refractivity contribution in [3.8, 4) is 0 Å². The van der Waals surface area contributed by atoms with Crippen LogP contribution >= 0.6 is 0 Å². The quantitative estimate of drug-likeness (QED) is 0.835. The second-order valence-electron chi connectivity index (χ2n) is 6.43. The van der Waals surface area contributed by atoms with Crippen LogP contribution in [0.2, 0.25) is 0 Å². The summed E-state index contributed by atoms with van der Waals surface area (Å²) in [4.78, 5) is 12.2. The molecular weight excluding hydrogens is 222 g/mol. The van der Waals surface area contributed by atoms with E-state index in [0.717, 1.165) is 18.5 Å². The molecule has 0 aliphatic heterocycles. The summed E-state index contributed by atoms with van der Waals surface area (Å²) in [5.74, 6) is 1.05. The van der Waals surface area contributed by atoms with Gasteiger partial charge in [0.25, 0.3) is 0 Å². The molecule has 1 N–H and O–H groups in total. The maximum atomic E-state index is 12.2. The van der Waals surface area contributed by atoms with Crippen LogP contribution in [0.5, 0.6) is 0 Å². The molecule has 98 valence electrons. The zero-order chi connectivity index (χ0) is 13.2. The highest BCUT2D eigenvalue weighted by Gasteiger charge is 2.35. The van der Waals surface area contributed by atoms with Gasteiger partial charge in [-0.25, -0.2) is 0 Å². The third kappa shape index (κ3) is 3.12. The summed E-state index contributed by atoms with van der Waals surface area (Å²) in [5.41, 5.74) is 1.23. The predicted octanol–water partition coefficient (Wildman–Crippen LogP) is 4.09. The fraction of sp³-hybridized carbons (Fsp3) is 0.562. The topological polar surface area (TPSA) is 29.1 Å². The summed E-state index contributed by atoms with van der Waals surface area (Å²) in [6, 6.07) is 9.73. The van der Waals surface area contributed by atoms with Crippen molar-refractivity contribution < 1.29 is 4.79 Å². The van der Waals surface area contributed by atoms with E-state index in [4.69, 9.17) is 0 Å².